The molecule has 19 heavy (non-hydrogen) atoms. The lowest BCUT2D eigenvalue weighted by Gasteiger charge is -2.09. The van der Waals surface area contributed by atoms with Gasteiger partial charge in [0.05, 0.1) is 10.2 Å². The first-order valence-electron chi connectivity index (χ1n) is 4.92. The number of benzene rings is 1. The van der Waals surface area contributed by atoms with Crippen molar-refractivity contribution in [1.82, 2.24) is 5.32 Å². The first kappa shape index (κ1) is 15.5. The second kappa shape index (κ2) is 6.54. The molecule has 1 aromatic carbocycles. The fourth-order valence-corrected chi connectivity index (χ4v) is 2.16. The zero-order valence-electron chi connectivity index (χ0n) is 9.99. The Bertz CT molecular complexity index is 599. The quantitative estimate of drug-likeness (QED) is 0.372. The molecule has 0 aliphatic heterocycles. The number of aromatic carboxylic acids is 1. The van der Waals surface area contributed by atoms with Crippen LogP contribution in [0.2, 0.25) is 0 Å². The summed E-state index contributed by atoms with van der Waals surface area (Å²) >= 11 is 4.04. The lowest BCUT2D eigenvalue weighted by Crippen LogP contribution is -2.13. The van der Waals surface area contributed by atoms with Crippen LogP contribution in [0, 0.1) is 24.2 Å². The van der Waals surface area contributed by atoms with Gasteiger partial charge in [-0.1, -0.05) is 11.8 Å². The van der Waals surface area contributed by atoms with Crippen molar-refractivity contribution in [2.75, 3.05) is 6.26 Å². The van der Waals surface area contributed by atoms with Gasteiger partial charge in [-0.3, -0.25) is 5.32 Å². The van der Waals surface area contributed by atoms with Crippen molar-refractivity contribution in [2.24, 2.45) is 4.99 Å². The number of nitrogens with zero attached hydrogens (tertiary/aromatic N) is 2. The molecular formula is C11H9BrFN3O2S. The molecule has 0 spiro atoms. The lowest BCUT2D eigenvalue weighted by molar-refractivity contribution is 0.0696. The van der Waals surface area contributed by atoms with Gasteiger partial charge in [0.25, 0.3) is 0 Å². The summed E-state index contributed by atoms with van der Waals surface area (Å²) in [6, 6.07) is 1.18. The first-order chi connectivity index (χ1) is 8.92. The highest BCUT2D eigenvalue weighted by Gasteiger charge is 2.20. The molecule has 0 bridgehead atoms. The van der Waals surface area contributed by atoms with E-state index in [0.717, 1.165) is 11.8 Å². The molecule has 2 N–H and O–H groups in total. The van der Waals surface area contributed by atoms with Crippen LogP contribution in [0.25, 0.3) is 0 Å². The SMILES string of the molecule is CSC(=Nc1c(C)cc(F)c(Br)c1C(=O)O)NC#N. The summed E-state index contributed by atoms with van der Waals surface area (Å²) < 4.78 is 13.4. The summed E-state index contributed by atoms with van der Waals surface area (Å²) in [6.07, 6.45) is 3.38. The number of thioether (sulfide) groups is 1. The molecule has 0 fully saturated rings. The van der Waals surface area contributed by atoms with Crippen molar-refractivity contribution in [2.45, 2.75) is 6.92 Å². The number of hydrogen-bond acceptors (Lipinski definition) is 4. The average molecular weight is 346 g/mol. The normalized spacial score (nSPS) is 11.0. The average Bonchev–Trinajstić information content (AvgIpc) is 2.34. The van der Waals surface area contributed by atoms with Gasteiger partial charge in [0.2, 0.25) is 0 Å². The number of nitriles is 1. The monoisotopic (exact) mass is 345 g/mol. The maximum atomic E-state index is 13.5. The van der Waals surface area contributed by atoms with Gasteiger partial charge in [-0.2, -0.15) is 5.26 Å². The van der Waals surface area contributed by atoms with Crippen LogP contribution in [0.15, 0.2) is 15.5 Å². The molecule has 8 heteroatoms. The van der Waals surface area contributed by atoms with E-state index in [2.05, 4.69) is 26.2 Å². The standard InChI is InChI=1S/C11H9BrFN3O2S/c1-5-3-6(13)8(12)7(10(17)18)9(5)16-11(19-2)15-4-14/h3H,1-2H3,(H,15,16)(H,17,18). The number of rotatable bonds is 2. The largest absolute Gasteiger partial charge is 0.478 e. The highest BCUT2D eigenvalue weighted by Crippen LogP contribution is 2.33. The van der Waals surface area contributed by atoms with Crippen molar-refractivity contribution in [3.63, 3.8) is 0 Å². The molecule has 0 aliphatic rings. The third-order valence-electron chi connectivity index (χ3n) is 2.17. The molecule has 0 atom stereocenters. The van der Waals surface area contributed by atoms with Gasteiger partial charge in [-0.25, -0.2) is 14.2 Å². The Morgan fingerprint density at radius 3 is 2.79 bits per heavy atom. The second-order valence-corrected chi connectivity index (χ2v) is 4.96. The van der Waals surface area contributed by atoms with Crippen molar-refractivity contribution in [3.05, 3.63) is 27.5 Å². The van der Waals surface area contributed by atoms with Gasteiger partial charge in [0, 0.05) is 0 Å². The van der Waals surface area contributed by atoms with Crippen molar-refractivity contribution in [1.29, 1.82) is 5.26 Å². The third kappa shape index (κ3) is 3.45. The van der Waals surface area contributed by atoms with Crippen LogP contribution in [0.4, 0.5) is 10.1 Å². The van der Waals surface area contributed by atoms with Crippen molar-refractivity contribution < 1.29 is 14.3 Å². The number of aliphatic imine (C=N–C) groups is 1. The van der Waals surface area contributed by atoms with E-state index in [-0.39, 0.29) is 20.9 Å². The Morgan fingerprint density at radius 1 is 1.68 bits per heavy atom. The zero-order chi connectivity index (χ0) is 14.6. The van der Waals surface area contributed by atoms with E-state index in [0.29, 0.717) is 5.56 Å². The fourth-order valence-electron chi connectivity index (χ4n) is 1.36. The number of nitrogens with one attached hydrogen (secondary N) is 1. The molecule has 1 rings (SSSR count). The van der Waals surface area contributed by atoms with E-state index in [4.69, 9.17) is 10.4 Å². The predicted octanol–water partition coefficient (Wildman–Crippen LogP) is 3.02. The van der Waals surface area contributed by atoms with Gasteiger partial charge in [-0.15, -0.1) is 0 Å². The minimum atomic E-state index is -1.30. The molecule has 0 saturated heterocycles. The van der Waals surface area contributed by atoms with E-state index in [9.17, 15) is 9.18 Å². The molecule has 0 aromatic heterocycles. The maximum absolute atomic E-state index is 13.5. The van der Waals surface area contributed by atoms with E-state index >= 15 is 0 Å². The number of carbonyl (C=O) groups is 1. The molecule has 0 saturated carbocycles. The van der Waals surface area contributed by atoms with Crippen molar-refractivity contribution in [3.8, 4) is 6.19 Å². The molecule has 0 heterocycles. The van der Waals surface area contributed by atoms with Gasteiger partial charge in [0.1, 0.15) is 11.4 Å². The third-order valence-corrected chi connectivity index (χ3v) is 3.52. The summed E-state index contributed by atoms with van der Waals surface area (Å²) in [5.74, 6) is -1.97. The Hall–Kier alpha value is -1.59. The summed E-state index contributed by atoms with van der Waals surface area (Å²) in [6.45, 7) is 1.55. The topological polar surface area (TPSA) is 85.5 Å². The predicted molar refractivity (Wildman–Crippen MR) is 75.2 cm³/mol. The Labute approximate surface area is 121 Å². The van der Waals surface area contributed by atoms with E-state index in [1.807, 2.05) is 0 Å². The minimum absolute atomic E-state index is 0.105. The number of hydrogen-bond donors (Lipinski definition) is 2. The van der Waals surface area contributed by atoms with Crippen LogP contribution in [0.5, 0.6) is 0 Å². The van der Waals surface area contributed by atoms with Crippen LogP contribution in [0.1, 0.15) is 15.9 Å². The number of carboxylic acid groups (broad SMARTS) is 1. The molecule has 0 amide bonds. The summed E-state index contributed by atoms with van der Waals surface area (Å²) in [7, 11) is 0. The number of aryl methyl sites for hydroxylation is 1. The smallest absolute Gasteiger partial charge is 0.339 e. The summed E-state index contributed by atoms with van der Waals surface area (Å²) in [5.41, 5.74) is 0.195. The number of carboxylic acids is 1. The molecular weight excluding hydrogens is 337 g/mol. The maximum Gasteiger partial charge on any atom is 0.339 e. The highest BCUT2D eigenvalue weighted by atomic mass is 79.9. The molecule has 0 radical (unpaired) electrons. The zero-order valence-corrected chi connectivity index (χ0v) is 12.4. The number of amidine groups is 1. The van der Waals surface area contributed by atoms with Gasteiger partial charge < -0.3 is 5.11 Å². The molecule has 100 valence electrons. The van der Waals surface area contributed by atoms with Crippen LogP contribution >= 0.6 is 27.7 Å². The van der Waals surface area contributed by atoms with Gasteiger partial charge in [0.15, 0.2) is 11.4 Å². The molecule has 0 aliphatic carbocycles. The molecule has 0 unspecified atom stereocenters. The fraction of sp³-hybridized carbons (Fsp3) is 0.182. The Morgan fingerprint density at radius 2 is 2.32 bits per heavy atom. The Kier molecular flexibility index (Phi) is 5.32. The van der Waals surface area contributed by atoms with E-state index < -0.39 is 11.8 Å². The highest BCUT2D eigenvalue weighted by molar-refractivity contribution is 9.10. The van der Waals surface area contributed by atoms with Gasteiger partial charge >= 0.3 is 5.97 Å². The van der Waals surface area contributed by atoms with Crippen LogP contribution in [-0.2, 0) is 0 Å². The number of halogens is 2. The molecule has 1 aromatic rings. The summed E-state index contributed by atoms with van der Waals surface area (Å²) in [4.78, 5) is 15.3. The first-order valence-corrected chi connectivity index (χ1v) is 6.93. The second-order valence-electron chi connectivity index (χ2n) is 3.38. The van der Waals surface area contributed by atoms with E-state index in [1.165, 1.54) is 6.07 Å². The van der Waals surface area contributed by atoms with Crippen LogP contribution in [-0.4, -0.2) is 22.5 Å². The van der Waals surface area contributed by atoms with Gasteiger partial charge in [-0.05, 0) is 40.7 Å². The lowest BCUT2D eigenvalue weighted by atomic mass is 10.1. The van der Waals surface area contributed by atoms with Crippen molar-refractivity contribution >= 4 is 44.5 Å². The Balaban J connectivity index is 3.55. The molecule has 5 nitrogen and oxygen atoms in total. The van der Waals surface area contributed by atoms with Crippen LogP contribution < -0.4 is 5.32 Å². The summed E-state index contributed by atoms with van der Waals surface area (Å²) in [5, 5.41) is 20.3. The minimum Gasteiger partial charge on any atom is -0.478 e. The van der Waals surface area contributed by atoms with Crippen LogP contribution in [0.3, 0.4) is 0 Å². The van der Waals surface area contributed by atoms with E-state index in [1.54, 1.807) is 19.4 Å².